The van der Waals surface area contributed by atoms with Crippen LogP contribution >= 0.6 is 12.6 Å². The molecule has 1 aromatic rings. The highest BCUT2D eigenvalue weighted by atomic mass is 32.1. The Kier molecular flexibility index (Phi) is 4.68. The van der Waals surface area contributed by atoms with Crippen LogP contribution in [0.2, 0.25) is 0 Å². The molecule has 0 aliphatic heterocycles. The number of aromatic nitrogens is 2. The average Bonchev–Trinajstić information content (AvgIpc) is 2.24. The minimum atomic E-state index is 0.787. The number of aryl methyl sites for hydroxylation is 1. The smallest absolute Gasteiger partial charge is 0.134 e. The monoisotopic (exact) mass is 226 g/mol. The van der Waals surface area contributed by atoms with Crippen LogP contribution in [0.5, 0.6) is 0 Å². The molecule has 0 bridgehead atoms. The molecule has 1 heterocycles. The van der Waals surface area contributed by atoms with Gasteiger partial charge in [-0.3, -0.25) is 0 Å². The quantitative estimate of drug-likeness (QED) is 0.748. The molecule has 0 aliphatic carbocycles. The first-order valence-corrected chi connectivity index (χ1v) is 5.72. The molecule has 0 fully saturated rings. The molecular weight excluding hydrogens is 208 g/mol. The van der Waals surface area contributed by atoms with Gasteiger partial charge in [0.1, 0.15) is 17.5 Å². The van der Waals surface area contributed by atoms with E-state index in [-0.39, 0.29) is 0 Å². The maximum absolute atomic E-state index is 4.37. The Hall–Kier alpha value is -0.970. The van der Waals surface area contributed by atoms with Gasteiger partial charge in [-0.1, -0.05) is 0 Å². The lowest BCUT2D eigenvalue weighted by Crippen LogP contribution is -2.18. The number of nitrogens with zero attached hydrogens (tertiary/aromatic N) is 3. The standard InChI is InChI=1S/C10H18N4S/c1-4-14(3)10-7-9(11-5-6-15)12-8(2)13-10/h7,15H,4-6H2,1-3H3,(H,11,12,13). The zero-order valence-electron chi connectivity index (χ0n) is 9.49. The van der Waals surface area contributed by atoms with Gasteiger partial charge in [0, 0.05) is 32.0 Å². The number of anilines is 2. The second-order valence-corrected chi connectivity index (χ2v) is 3.77. The summed E-state index contributed by atoms with van der Waals surface area (Å²) in [5.74, 6) is 3.40. The molecule has 0 saturated carbocycles. The second kappa shape index (κ2) is 5.80. The Morgan fingerprint density at radius 1 is 1.47 bits per heavy atom. The molecular formula is C10H18N4S. The van der Waals surface area contributed by atoms with Crippen LogP contribution in [0.3, 0.4) is 0 Å². The van der Waals surface area contributed by atoms with Crippen molar-refractivity contribution in [2.45, 2.75) is 13.8 Å². The van der Waals surface area contributed by atoms with Crippen molar-refractivity contribution in [1.29, 1.82) is 0 Å². The van der Waals surface area contributed by atoms with E-state index in [0.717, 1.165) is 36.3 Å². The van der Waals surface area contributed by atoms with Gasteiger partial charge in [-0.15, -0.1) is 0 Å². The summed E-state index contributed by atoms with van der Waals surface area (Å²) in [6.07, 6.45) is 0. The van der Waals surface area contributed by atoms with Gasteiger partial charge in [0.25, 0.3) is 0 Å². The van der Waals surface area contributed by atoms with E-state index in [1.165, 1.54) is 0 Å². The summed E-state index contributed by atoms with van der Waals surface area (Å²) in [5, 5.41) is 3.20. The molecule has 84 valence electrons. The highest BCUT2D eigenvalue weighted by molar-refractivity contribution is 7.80. The third-order valence-electron chi connectivity index (χ3n) is 2.11. The van der Waals surface area contributed by atoms with E-state index in [0.29, 0.717) is 0 Å². The predicted octanol–water partition coefficient (Wildman–Crippen LogP) is 1.58. The molecule has 0 aliphatic rings. The van der Waals surface area contributed by atoms with Crippen LogP contribution in [-0.2, 0) is 0 Å². The summed E-state index contributed by atoms with van der Waals surface area (Å²) in [6, 6.07) is 1.96. The Balaban J connectivity index is 2.84. The van der Waals surface area contributed by atoms with Gasteiger partial charge in [0.05, 0.1) is 0 Å². The SMILES string of the molecule is CCN(C)c1cc(NCCS)nc(C)n1. The number of hydrogen-bond donors (Lipinski definition) is 2. The van der Waals surface area contributed by atoms with Gasteiger partial charge in [-0.2, -0.15) is 12.6 Å². The molecule has 5 heteroatoms. The maximum Gasteiger partial charge on any atom is 0.134 e. The first kappa shape index (κ1) is 12.1. The van der Waals surface area contributed by atoms with Crippen LogP contribution in [0.1, 0.15) is 12.7 Å². The molecule has 0 unspecified atom stereocenters. The van der Waals surface area contributed by atoms with Crippen LogP contribution in [0.4, 0.5) is 11.6 Å². The number of hydrogen-bond acceptors (Lipinski definition) is 5. The van der Waals surface area contributed by atoms with Crippen molar-refractivity contribution in [1.82, 2.24) is 9.97 Å². The van der Waals surface area contributed by atoms with Crippen LogP contribution in [0, 0.1) is 6.92 Å². The van der Waals surface area contributed by atoms with Crippen molar-refractivity contribution in [3.63, 3.8) is 0 Å². The minimum absolute atomic E-state index is 0.787. The molecule has 0 aromatic carbocycles. The van der Waals surface area contributed by atoms with Crippen molar-refractivity contribution in [2.24, 2.45) is 0 Å². The van der Waals surface area contributed by atoms with Crippen LogP contribution < -0.4 is 10.2 Å². The van der Waals surface area contributed by atoms with E-state index in [1.807, 2.05) is 20.0 Å². The van der Waals surface area contributed by atoms with Gasteiger partial charge in [-0.25, -0.2) is 9.97 Å². The largest absolute Gasteiger partial charge is 0.369 e. The number of nitrogens with one attached hydrogen (secondary N) is 1. The topological polar surface area (TPSA) is 41.0 Å². The Labute approximate surface area is 96.5 Å². The normalized spacial score (nSPS) is 10.1. The molecule has 1 rings (SSSR count). The van der Waals surface area contributed by atoms with Crippen molar-refractivity contribution in [3.05, 3.63) is 11.9 Å². The summed E-state index contributed by atoms with van der Waals surface area (Å²) in [6.45, 7) is 5.74. The lowest BCUT2D eigenvalue weighted by Gasteiger charge is -2.16. The molecule has 0 spiro atoms. The second-order valence-electron chi connectivity index (χ2n) is 3.32. The summed E-state index contributed by atoms with van der Waals surface area (Å²) in [4.78, 5) is 10.8. The third-order valence-corrected chi connectivity index (χ3v) is 2.33. The van der Waals surface area contributed by atoms with E-state index >= 15 is 0 Å². The molecule has 0 radical (unpaired) electrons. The van der Waals surface area contributed by atoms with Crippen LogP contribution in [-0.4, -0.2) is 35.9 Å². The van der Waals surface area contributed by atoms with E-state index in [1.54, 1.807) is 0 Å². The minimum Gasteiger partial charge on any atom is -0.369 e. The molecule has 15 heavy (non-hydrogen) atoms. The first-order chi connectivity index (χ1) is 7.17. The van der Waals surface area contributed by atoms with E-state index < -0.39 is 0 Å². The molecule has 0 saturated heterocycles. The Morgan fingerprint density at radius 2 is 2.20 bits per heavy atom. The van der Waals surface area contributed by atoms with Crippen molar-refractivity contribution < 1.29 is 0 Å². The van der Waals surface area contributed by atoms with E-state index in [2.05, 4.69) is 39.7 Å². The fourth-order valence-corrected chi connectivity index (χ4v) is 1.30. The van der Waals surface area contributed by atoms with Gasteiger partial charge in [0.2, 0.25) is 0 Å². The van der Waals surface area contributed by atoms with Gasteiger partial charge < -0.3 is 10.2 Å². The molecule has 4 nitrogen and oxygen atoms in total. The lowest BCUT2D eigenvalue weighted by atomic mass is 10.4. The molecule has 0 atom stereocenters. The zero-order chi connectivity index (χ0) is 11.3. The van der Waals surface area contributed by atoms with Crippen LogP contribution in [0.25, 0.3) is 0 Å². The first-order valence-electron chi connectivity index (χ1n) is 5.09. The summed E-state index contributed by atoms with van der Waals surface area (Å²) >= 11 is 4.15. The predicted molar refractivity (Wildman–Crippen MR) is 68.1 cm³/mol. The zero-order valence-corrected chi connectivity index (χ0v) is 10.4. The number of thiol groups is 1. The van der Waals surface area contributed by atoms with E-state index in [4.69, 9.17) is 0 Å². The highest BCUT2D eigenvalue weighted by Gasteiger charge is 2.04. The van der Waals surface area contributed by atoms with Gasteiger partial charge in [0.15, 0.2) is 0 Å². The lowest BCUT2D eigenvalue weighted by molar-refractivity contribution is 0.911. The summed E-state index contributed by atoms with van der Waals surface area (Å²) < 4.78 is 0. The molecule has 1 aromatic heterocycles. The average molecular weight is 226 g/mol. The third kappa shape index (κ3) is 3.58. The maximum atomic E-state index is 4.37. The summed E-state index contributed by atoms with van der Waals surface area (Å²) in [7, 11) is 2.02. The van der Waals surface area contributed by atoms with Gasteiger partial charge >= 0.3 is 0 Å². The fraction of sp³-hybridized carbons (Fsp3) is 0.600. The van der Waals surface area contributed by atoms with Crippen molar-refractivity contribution in [3.8, 4) is 0 Å². The van der Waals surface area contributed by atoms with Gasteiger partial charge in [-0.05, 0) is 13.8 Å². The van der Waals surface area contributed by atoms with Crippen molar-refractivity contribution >= 4 is 24.3 Å². The summed E-state index contributed by atoms with van der Waals surface area (Å²) in [5.41, 5.74) is 0. The fourth-order valence-electron chi connectivity index (χ4n) is 1.18. The molecule has 1 N–H and O–H groups in total. The van der Waals surface area contributed by atoms with E-state index in [9.17, 15) is 0 Å². The molecule has 0 amide bonds. The van der Waals surface area contributed by atoms with Crippen LogP contribution in [0.15, 0.2) is 6.07 Å². The Morgan fingerprint density at radius 3 is 2.80 bits per heavy atom. The Bertz CT molecular complexity index is 316. The highest BCUT2D eigenvalue weighted by Crippen LogP contribution is 2.13. The van der Waals surface area contributed by atoms with Crippen molar-refractivity contribution in [2.75, 3.05) is 36.1 Å². The number of rotatable bonds is 5.